The summed E-state index contributed by atoms with van der Waals surface area (Å²) in [5, 5.41) is 10.9. The molecule has 0 radical (unpaired) electrons. The fraction of sp³-hybridized carbons (Fsp3) is 0.385. The lowest BCUT2D eigenvalue weighted by atomic mass is 10.1. The van der Waals surface area contributed by atoms with E-state index in [0.29, 0.717) is 0 Å². The van der Waals surface area contributed by atoms with Crippen LogP contribution in [-0.2, 0) is 6.54 Å². The fourth-order valence-electron chi connectivity index (χ4n) is 2.02. The van der Waals surface area contributed by atoms with Crippen LogP contribution in [0, 0.1) is 13.8 Å². The molecular formula is C13H16ClNO. The summed E-state index contributed by atoms with van der Waals surface area (Å²) in [5.74, 6) is 0. The zero-order valence-electron chi connectivity index (χ0n) is 9.63. The number of halogens is 1. The van der Waals surface area contributed by atoms with Crippen LogP contribution in [0.1, 0.15) is 17.5 Å². The van der Waals surface area contributed by atoms with Crippen LogP contribution in [-0.4, -0.2) is 16.3 Å². The number of nitrogens with zero attached hydrogens (tertiary/aromatic N) is 1. The third-order valence-corrected chi connectivity index (χ3v) is 3.33. The van der Waals surface area contributed by atoms with E-state index < -0.39 is 0 Å². The topological polar surface area (TPSA) is 25.2 Å². The van der Waals surface area contributed by atoms with Gasteiger partial charge in [-0.05, 0) is 43.5 Å². The Kier molecular flexibility index (Phi) is 3.22. The van der Waals surface area contributed by atoms with Gasteiger partial charge in [0, 0.05) is 35.3 Å². The molecule has 0 aliphatic rings. The summed E-state index contributed by atoms with van der Waals surface area (Å²) >= 11 is 6.14. The minimum absolute atomic E-state index is 0.221. The number of hydrogen-bond acceptors (Lipinski definition) is 1. The van der Waals surface area contributed by atoms with Crippen LogP contribution in [0.2, 0.25) is 5.02 Å². The zero-order chi connectivity index (χ0) is 11.7. The average Bonchev–Trinajstić information content (AvgIpc) is 2.54. The van der Waals surface area contributed by atoms with Crippen LogP contribution < -0.4 is 0 Å². The van der Waals surface area contributed by atoms with E-state index >= 15 is 0 Å². The van der Waals surface area contributed by atoms with Crippen LogP contribution in [0.15, 0.2) is 18.3 Å². The number of aromatic nitrogens is 1. The monoisotopic (exact) mass is 237 g/mol. The quantitative estimate of drug-likeness (QED) is 0.871. The second-order valence-electron chi connectivity index (χ2n) is 4.20. The van der Waals surface area contributed by atoms with Gasteiger partial charge in [0.15, 0.2) is 0 Å². The van der Waals surface area contributed by atoms with Gasteiger partial charge < -0.3 is 9.67 Å². The van der Waals surface area contributed by atoms with Gasteiger partial charge >= 0.3 is 0 Å². The summed E-state index contributed by atoms with van der Waals surface area (Å²) in [6, 6.07) is 4.14. The number of fused-ring (bicyclic) bond motifs is 1. The predicted molar refractivity (Wildman–Crippen MR) is 68.1 cm³/mol. The Morgan fingerprint density at radius 1 is 1.25 bits per heavy atom. The van der Waals surface area contributed by atoms with Crippen LogP contribution >= 0.6 is 11.6 Å². The van der Waals surface area contributed by atoms with Crippen LogP contribution in [0.4, 0.5) is 0 Å². The lowest BCUT2D eigenvalue weighted by molar-refractivity contribution is 0.280. The Bertz CT molecular complexity index is 516. The van der Waals surface area contributed by atoms with E-state index in [9.17, 15) is 0 Å². The molecule has 0 atom stereocenters. The van der Waals surface area contributed by atoms with Crippen molar-refractivity contribution in [2.75, 3.05) is 6.61 Å². The van der Waals surface area contributed by atoms with Crippen LogP contribution in [0.3, 0.4) is 0 Å². The molecule has 1 heterocycles. The van der Waals surface area contributed by atoms with Crippen molar-refractivity contribution >= 4 is 22.5 Å². The predicted octanol–water partition coefficient (Wildman–Crippen LogP) is 3.29. The summed E-state index contributed by atoms with van der Waals surface area (Å²) in [6.45, 7) is 5.18. The zero-order valence-corrected chi connectivity index (χ0v) is 10.4. The molecule has 2 rings (SSSR count). The lowest BCUT2D eigenvalue weighted by Crippen LogP contribution is -1.98. The molecule has 0 saturated carbocycles. The molecular weight excluding hydrogens is 222 g/mol. The van der Waals surface area contributed by atoms with E-state index in [1.165, 1.54) is 10.9 Å². The van der Waals surface area contributed by atoms with Crippen molar-refractivity contribution < 1.29 is 5.11 Å². The summed E-state index contributed by atoms with van der Waals surface area (Å²) in [6.07, 6.45) is 2.89. The molecule has 0 saturated heterocycles. The van der Waals surface area contributed by atoms with E-state index in [-0.39, 0.29) is 6.61 Å². The number of aliphatic hydroxyl groups is 1. The van der Waals surface area contributed by atoms with Crippen molar-refractivity contribution in [2.45, 2.75) is 26.8 Å². The molecule has 0 spiro atoms. The Hall–Kier alpha value is -0.990. The van der Waals surface area contributed by atoms with Crippen molar-refractivity contribution in [3.05, 3.63) is 34.5 Å². The van der Waals surface area contributed by atoms with Crippen molar-refractivity contribution in [3.63, 3.8) is 0 Å². The smallest absolute Gasteiger partial charge is 0.0498 e. The molecule has 16 heavy (non-hydrogen) atoms. The van der Waals surface area contributed by atoms with Crippen LogP contribution in [0.25, 0.3) is 10.9 Å². The largest absolute Gasteiger partial charge is 0.396 e. The molecule has 0 aliphatic carbocycles. The molecule has 1 N–H and O–H groups in total. The number of benzene rings is 1. The lowest BCUT2D eigenvalue weighted by Gasteiger charge is -2.05. The Morgan fingerprint density at radius 3 is 2.69 bits per heavy atom. The van der Waals surface area contributed by atoms with Gasteiger partial charge in [-0.1, -0.05) is 11.6 Å². The van der Waals surface area contributed by atoms with Gasteiger partial charge in [-0.15, -0.1) is 0 Å². The molecule has 0 amide bonds. The van der Waals surface area contributed by atoms with E-state index in [2.05, 4.69) is 23.8 Å². The first-order valence-corrected chi connectivity index (χ1v) is 5.87. The average molecular weight is 238 g/mol. The third-order valence-electron chi connectivity index (χ3n) is 2.92. The highest BCUT2D eigenvalue weighted by Gasteiger charge is 2.07. The summed E-state index contributed by atoms with van der Waals surface area (Å²) in [5.41, 5.74) is 3.52. The maximum Gasteiger partial charge on any atom is 0.0498 e. The highest BCUT2D eigenvalue weighted by Crippen LogP contribution is 2.27. The minimum atomic E-state index is 0.221. The van der Waals surface area contributed by atoms with Crippen molar-refractivity contribution in [1.29, 1.82) is 0 Å². The third kappa shape index (κ3) is 1.95. The summed E-state index contributed by atoms with van der Waals surface area (Å²) in [4.78, 5) is 0. The van der Waals surface area contributed by atoms with E-state index in [4.69, 9.17) is 16.7 Å². The van der Waals surface area contributed by atoms with E-state index in [1.807, 2.05) is 13.0 Å². The first kappa shape index (κ1) is 11.5. The minimum Gasteiger partial charge on any atom is -0.396 e. The highest BCUT2D eigenvalue weighted by molar-refractivity contribution is 6.32. The molecule has 0 unspecified atom stereocenters. The van der Waals surface area contributed by atoms with Crippen molar-refractivity contribution in [3.8, 4) is 0 Å². The molecule has 0 fully saturated rings. The maximum absolute atomic E-state index is 8.87. The number of rotatable bonds is 3. The molecule has 86 valence electrons. The maximum atomic E-state index is 8.87. The van der Waals surface area contributed by atoms with E-state index in [0.717, 1.165) is 29.1 Å². The van der Waals surface area contributed by atoms with E-state index in [1.54, 1.807) is 0 Å². The fourth-order valence-corrected chi connectivity index (χ4v) is 2.18. The standard InChI is InChI=1S/C13H16ClNO/c1-9-6-11-10(2)8-15(4-3-5-16)13(11)7-12(9)14/h6-8,16H,3-5H2,1-2H3. The van der Waals surface area contributed by atoms with Crippen LogP contribution in [0.5, 0.6) is 0 Å². The Morgan fingerprint density at radius 2 is 2.00 bits per heavy atom. The van der Waals surface area contributed by atoms with Crippen molar-refractivity contribution in [2.24, 2.45) is 0 Å². The number of hydrogen-bond donors (Lipinski definition) is 1. The second kappa shape index (κ2) is 4.48. The summed E-state index contributed by atoms with van der Waals surface area (Å²) in [7, 11) is 0. The molecule has 0 aliphatic heterocycles. The molecule has 2 aromatic rings. The number of aliphatic hydroxyl groups excluding tert-OH is 1. The molecule has 1 aromatic carbocycles. The molecule has 3 heteroatoms. The van der Waals surface area contributed by atoms with Gasteiger partial charge in [-0.2, -0.15) is 0 Å². The van der Waals surface area contributed by atoms with Gasteiger partial charge in [-0.25, -0.2) is 0 Å². The van der Waals surface area contributed by atoms with Crippen molar-refractivity contribution in [1.82, 2.24) is 4.57 Å². The molecule has 1 aromatic heterocycles. The Balaban J connectivity index is 2.55. The van der Waals surface area contributed by atoms with Gasteiger partial charge in [0.25, 0.3) is 0 Å². The molecule has 0 bridgehead atoms. The summed E-state index contributed by atoms with van der Waals surface area (Å²) < 4.78 is 2.16. The Labute approximate surface area is 100 Å². The van der Waals surface area contributed by atoms with Gasteiger partial charge in [0.1, 0.15) is 0 Å². The van der Waals surface area contributed by atoms with Gasteiger partial charge in [0.2, 0.25) is 0 Å². The number of aryl methyl sites for hydroxylation is 3. The van der Waals surface area contributed by atoms with Gasteiger partial charge in [-0.3, -0.25) is 0 Å². The second-order valence-corrected chi connectivity index (χ2v) is 4.61. The SMILES string of the molecule is Cc1cc2c(C)cn(CCCO)c2cc1Cl. The van der Waals surface area contributed by atoms with Gasteiger partial charge in [0.05, 0.1) is 0 Å². The molecule has 2 nitrogen and oxygen atoms in total. The normalized spacial score (nSPS) is 11.2. The first-order chi connectivity index (χ1) is 7.63. The first-order valence-electron chi connectivity index (χ1n) is 5.50. The highest BCUT2D eigenvalue weighted by atomic mass is 35.5.